The van der Waals surface area contributed by atoms with Gasteiger partial charge in [-0.25, -0.2) is 0 Å². The number of alkyl halides is 24. The molecule has 493 valence electrons. The fourth-order valence-electron chi connectivity index (χ4n) is 9.29. The molecule has 1 heterocycles. The van der Waals surface area contributed by atoms with Crippen molar-refractivity contribution in [2.24, 2.45) is 0 Å². The summed E-state index contributed by atoms with van der Waals surface area (Å²) in [6.45, 7) is 16.3. The second-order valence-electron chi connectivity index (χ2n) is 20.1. The molecule has 0 bridgehead atoms. The van der Waals surface area contributed by atoms with E-state index in [1.807, 2.05) is 6.07 Å². The van der Waals surface area contributed by atoms with E-state index in [-0.39, 0.29) is 20.1 Å². The first-order valence-corrected chi connectivity index (χ1v) is 27.1. The van der Waals surface area contributed by atoms with E-state index in [4.69, 9.17) is 23.5 Å². The molecular weight excluding hydrogens is 1440 g/mol. The molecule has 88 heavy (non-hydrogen) atoms. The van der Waals surface area contributed by atoms with Crippen molar-refractivity contribution in [3.05, 3.63) is 147 Å². The molecule has 1 fully saturated rings. The number of rotatable bonds is 10. The van der Waals surface area contributed by atoms with Crippen LogP contribution in [0.5, 0.6) is 5.75 Å². The average Bonchev–Trinajstić information content (AvgIpc) is 0.757. The molecule has 0 saturated carbocycles. The van der Waals surface area contributed by atoms with E-state index in [0.29, 0.717) is 64.2 Å². The van der Waals surface area contributed by atoms with Crippen LogP contribution in [-0.2, 0) is 95.0 Å². The second-order valence-corrected chi connectivity index (χ2v) is 23.1. The van der Waals surface area contributed by atoms with Crippen LogP contribution in [0.25, 0.3) is 0 Å². The fourth-order valence-corrected chi connectivity index (χ4v) is 11.2. The van der Waals surface area contributed by atoms with Crippen molar-refractivity contribution < 1.29 is 149 Å². The van der Waals surface area contributed by atoms with Gasteiger partial charge in [0.15, 0.2) is 0 Å². The Hall–Kier alpha value is -4.84. The smallest absolute Gasteiger partial charge is 0.416 e. The SMILES string of the molecule is CC(C)P(Oc1[c-]c(CN2CCOCCOCCOCCOCC2)ccc1)C(C)C.FC(F)(F)c1cc([B-](c2cc(C(F)(F)F)cc(C(F)(F)F)c2)(c2cc(C(F)(F)F)cc(C(F)(F)F)c2)c2cc(C(F)(F)F)cc(C(F)(F)F)c2)cc(C(F)(F)F)c1.[Ir]. The second kappa shape index (κ2) is 29.6. The van der Waals surface area contributed by atoms with Gasteiger partial charge in [-0.15, -0.1) is 17.7 Å². The third-order valence-corrected chi connectivity index (χ3v) is 15.5. The van der Waals surface area contributed by atoms with E-state index in [1.54, 1.807) is 0 Å². The van der Waals surface area contributed by atoms with Crippen LogP contribution in [0.15, 0.2) is 91.0 Å². The van der Waals surface area contributed by atoms with Crippen LogP contribution in [0.4, 0.5) is 105 Å². The van der Waals surface area contributed by atoms with Crippen molar-refractivity contribution >= 4 is 36.1 Å². The Bertz CT molecular complexity index is 2610. The molecule has 33 heteroatoms. The van der Waals surface area contributed by atoms with Crippen LogP contribution >= 0.6 is 8.15 Å². The van der Waals surface area contributed by atoms with Gasteiger partial charge in [0.25, 0.3) is 0 Å². The Morgan fingerprint density at radius 1 is 0.398 bits per heavy atom. The molecule has 5 aromatic carbocycles. The first kappa shape index (κ1) is 75.6. The molecule has 0 N–H and O–H groups in total. The van der Waals surface area contributed by atoms with Crippen LogP contribution in [-0.4, -0.2) is 88.3 Å². The van der Waals surface area contributed by atoms with Gasteiger partial charge in [-0.3, -0.25) is 4.90 Å². The minimum absolute atomic E-state index is 0. The summed E-state index contributed by atoms with van der Waals surface area (Å²) >= 11 is 0. The molecule has 0 amide bonds. The summed E-state index contributed by atoms with van der Waals surface area (Å²) in [7, 11) is -0.522. The average molecular weight is 1500 g/mol. The molecular formula is C55H51BF24IrNO5P-2. The molecule has 0 aromatic heterocycles. The van der Waals surface area contributed by atoms with Gasteiger partial charge in [0, 0.05) is 56.8 Å². The van der Waals surface area contributed by atoms with Gasteiger partial charge in [-0.1, -0.05) is 76.2 Å². The molecule has 0 atom stereocenters. The molecule has 0 aliphatic carbocycles. The summed E-state index contributed by atoms with van der Waals surface area (Å²) in [5, 5.41) is 0. The van der Waals surface area contributed by atoms with Gasteiger partial charge < -0.3 is 23.5 Å². The number of halogens is 24. The predicted molar refractivity (Wildman–Crippen MR) is 272 cm³/mol. The zero-order valence-electron chi connectivity index (χ0n) is 46.0. The van der Waals surface area contributed by atoms with Gasteiger partial charge in [0.05, 0.1) is 106 Å². The molecule has 1 saturated heterocycles. The van der Waals surface area contributed by atoms with Crippen molar-refractivity contribution in [3.63, 3.8) is 0 Å². The monoisotopic (exact) mass is 1500 g/mol. The van der Waals surface area contributed by atoms with E-state index in [1.165, 1.54) is 0 Å². The van der Waals surface area contributed by atoms with Crippen LogP contribution in [0.3, 0.4) is 0 Å². The van der Waals surface area contributed by atoms with E-state index < -0.39 is 203 Å². The van der Waals surface area contributed by atoms with Crippen LogP contribution < -0.4 is 26.4 Å². The molecule has 1 aliphatic rings. The largest absolute Gasteiger partial charge is 0.499 e. The Labute approximate surface area is 502 Å². The van der Waals surface area contributed by atoms with Crippen molar-refractivity contribution in [1.82, 2.24) is 4.90 Å². The Balaban J connectivity index is 0.000000450. The summed E-state index contributed by atoms with van der Waals surface area (Å²) in [6, 6.07) is 0.851. The fraction of sp³-hybridized carbons (Fsp3) is 0.455. The van der Waals surface area contributed by atoms with Crippen molar-refractivity contribution in [2.45, 2.75) is 95.0 Å². The standard InChI is InChI=1S/C32H12BF24.C23H39NO5P.Ir/c34-25(35,36)13-1-14(26(37,38)39)6-21(5-13)33(22-7-15(27(40,41)42)2-16(8-22)28(43,44)45,23-9-17(29(46,47)48)3-18(10-23)30(49,50)51)24-11-19(31(52,53)54)4-20(12-24)32(55,56)57;1-20(2)30(21(3)4)29-23-7-5-6-22(18-23)19-24-8-10-25-12-14-27-16-17-28-15-13-26-11-9-24;/h1-12H;5-7,20-21H,8-17,19H2,1-4H3;/q2*-1;. The maximum absolute atomic E-state index is 14.2. The van der Waals surface area contributed by atoms with Gasteiger partial charge in [0.1, 0.15) is 6.15 Å². The first-order chi connectivity index (χ1) is 39.8. The van der Waals surface area contributed by atoms with Crippen LogP contribution in [0.2, 0.25) is 0 Å². The van der Waals surface area contributed by atoms with E-state index >= 15 is 0 Å². The quantitative estimate of drug-likeness (QED) is 0.0601. The maximum Gasteiger partial charge on any atom is 0.416 e. The maximum atomic E-state index is 14.2. The summed E-state index contributed by atoms with van der Waals surface area (Å²) in [5.41, 5.74) is -28.0. The number of nitrogens with zero attached hydrogens (tertiary/aromatic N) is 1. The molecule has 6 nitrogen and oxygen atoms in total. The number of ether oxygens (including phenoxy) is 4. The summed E-state index contributed by atoms with van der Waals surface area (Å²) in [6.07, 6.45) is -54.8. The Morgan fingerprint density at radius 2 is 0.636 bits per heavy atom. The molecule has 0 unspecified atom stereocenters. The molecule has 1 radical (unpaired) electrons. The van der Waals surface area contributed by atoms with Crippen molar-refractivity contribution in [3.8, 4) is 5.75 Å². The number of hydrogen-bond acceptors (Lipinski definition) is 6. The minimum Gasteiger partial charge on any atom is -0.499 e. The normalized spacial score (nSPS) is 15.8. The number of benzene rings is 5. The van der Waals surface area contributed by atoms with E-state index in [2.05, 4.69) is 50.8 Å². The first-order valence-electron chi connectivity index (χ1n) is 25.7. The van der Waals surface area contributed by atoms with Gasteiger partial charge in [-0.05, 0) is 24.3 Å². The zero-order chi connectivity index (χ0) is 65.5. The molecule has 5 aromatic rings. The van der Waals surface area contributed by atoms with Gasteiger partial charge in [-0.2, -0.15) is 139 Å². The van der Waals surface area contributed by atoms with E-state index in [9.17, 15) is 105 Å². The molecule has 6 rings (SSSR count). The Morgan fingerprint density at radius 3 is 0.864 bits per heavy atom. The van der Waals surface area contributed by atoms with Gasteiger partial charge in [0.2, 0.25) is 0 Å². The van der Waals surface area contributed by atoms with Crippen LogP contribution in [0.1, 0.15) is 77.8 Å². The molecule has 0 spiro atoms. The number of hydrogen-bond donors (Lipinski definition) is 0. The molecule has 1 aliphatic heterocycles. The summed E-state index contributed by atoms with van der Waals surface area (Å²) in [5.74, 6) is 0.848. The Kier molecular flexibility index (Phi) is 25.5. The summed E-state index contributed by atoms with van der Waals surface area (Å²) in [4.78, 5) is 2.34. The van der Waals surface area contributed by atoms with Crippen molar-refractivity contribution in [1.29, 1.82) is 0 Å². The summed E-state index contributed by atoms with van der Waals surface area (Å²) < 4.78 is 370. The topological polar surface area (TPSA) is 49.4 Å². The third-order valence-electron chi connectivity index (χ3n) is 13.1. The third kappa shape index (κ3) is 20.9. The van der Waals surface area contributed by atoms with Crippen molar-refractivity contribution in [2.75, 3.05) is 65.9 Å². The van der Waals surface area contributed by atoms with Gasteiger partial charge >= 0.3 is 49.4 Å². The minimum atomic E-state index is -6.13. The zero-order valence-corrected chi connectivity index (χ0v) is 49.3. The van der Waals surface area contributed by atoms with Crippen LogP contribution in [0, 0.1) is 6.07 Å². The van der Waals surface area contributed by atoms with E-state index in [0.717, 1.165) is 30.9 Å². The predicted octanol–water partition coefficient (Wildman–Crippen LogP) is 15.2.